The molecule has 1 aromatic heterocycles. The largest absolute Gasteiger partial charge is 0.495 e. The van der Waals surface area contributed by atoms with Crippen LogP contribution in [0.4, 0.5) is 0 Å². The maximum atomic E-state index is 5.15. The number of nitrogens with zero attached hydrogens (tertiary/aromatic N) is 1. The fraction of sp³-hybridized carbons (Fsp3) is 0.444. The molecular formula is C9H14N2O. The summed E-state index contributed by atoms with van der Waals surface area (Å²) in [5.74, 6) is 0.868. The smallest absolute Gasteiger partial charge is 0.140 e. The molecule has 1 aromatic rings. The molecule has 0 spiro atoms. The van der Waals surface area contributed by atoms with Crippen molar-refractivity contribution in [3.05, 3.63) is 24.0 Å². The van der Waals surface area contributed by atoms with Crippen molar-refractivity contribution in [1.82, 2.24) is 10.3 Å². The van der Waals surface area contributed by atoms with Crippen molar-refractivity contribution < 1.29 is 4.74 Å². The first kappa shape index (κ1) is 9.00. The molecule has 1 heterocycles. The van der Waals surface area contributed by atoms with Gasteiger partial charge in [0.25, 0.3) is 0 Å². The average molecular weight is 166 g/mol. The van der Waals surface area contributed by atoms with E-state index in [2.05, 4.69) is 10.3 Å². The fourth-order valence-corrected chi connectivity index (χ4v) is 1.04. The molecule has 0 aliphatic heterocycles. The number of hydrogen-bond acceptors (Lipinski definition) is 3. The molecule has 1 N–H and O–H groups in total. The zero-order valence-corrected chi connectivity index (χ0v) is 7.50. The van der Waals surface area contributed by atoms with E-state index >= 15 is 0 Å². The van der Waals surface area contributed by atoms with Crippen LogP contribution < -0.4 is 10.1 Å². The topological polar surface area (TPSA) is 34.2 Å². The Morgan fingerprint density at radius 1 is 1.58 bits per heavy atom. The average Bonchev–Trinajstić information content (AvgIpc) is 2.15. The van der Waals surface area contributed by atoms with Gasteiger partial charge in [-0.25, -0.2) is 0 Å². The van der Waals surface area contributed by atoms with E-state index in [0.29, 0.717) is 0 Å². The van der Waals surface area contributed by atoms with Crippen LogP contribution in [0.1, 0.15) is 5.69 Å². The molecule has 0 unspecified atom stereocenters. The lowest BCUT2D eigenvalue weighted by atomic mass is 10.2. The fourth-order valence-electron chi connectivity index (χ4n) is 1.04. The van der Waals surface area contributed by atoms with Gasteiger partial charge in [-0.1, -0.05) is 0 Å². The molecule has 0 aliphatic rings. The van der Waals surface area contributed by atoms with Crippen molar-refractivity contribution in [2.24, 2.45) is 0 Å². The van der Waals surface area contributed by atoms with Gasteiger partial charge in [0.2, 0.25) is 0 Å². The number of pyridine rings is 1. The quantitative estimate of drug-likeness (QED) is 0.720. The summed E-state index contributed by atoms with van der Waals surface area (Å²) >= 11 is 0. The van der Waals surface area contributed by atoms with E-state index in [9.17, 15) is 0 Å². The number of hydrogen-bond donors (Lipinski definition) is 1. The van der Waals surface area contributed by atoms with Crippen LogP contribution in [0, 0.1) is 0 Å². The second-order valence-electron chi connectivity index (χ2n) is 2.51. The van der Waals surface area contributed by atoms with E-state index in [-0.39, 0.29) is 0 Å². The van der Waals surface area contributed by atoms with Crippen LogP contribution >= 0.6 is 0 Å². The molecule has 0 fully saturated rings. The maximum absolute atomic E-state index is 5.15. The van der Waals surface area contributed by atoms with E-state index in [0.717, 1.165) is 24.4 Å². The molecule has 0 aromatic carbocycles. The van der Waals surface area contributed by atoms with Crippen molar-refractivity contribution in [3.63, 3.8) is 0 Å². The van der Waals surface area contributed by atoms with Crippen LogP contribution in [0.3, 0.4) is 0 Å². The molecule has 1 rings (SSSR count). The number of likely N-dealkylation sites (N-methyl/N-ethyl adjacent to an activating group) is 1. The van der Waals surface area contributed by atoms with Gasteiger partial charge in [-0.05, 0) is 19.2 Å². The molecule has 66 valence electrons. The Balaban J connectivity index is 2.68. The summed E-state index contributed by atoms with van der Waals surface area (Å²) < 4.78 is 5.15. The predicted molar refractivity (Wildman–Crippen MR) is 48.4 cm³/mol. The van der Waals surface area contributed by atoms with Gasteiger partial charge in [0, 0.05) is 19.2 Å². The molecule has 0 amide bonds. The van der Waals surface area contributed by atoms with Crippen molar-refractivity contribution in [2.75, 3.05) is 20.7 Å². The molecule has 0 bridgehead atoms. The van der Waals surface area contributed by atoms with Crippen molar-refractivity contribution >= 4 is 0 Å². The second kappa shape index (κ2) is 4.72. The van der Waals surface area contributed by atoms with Crippen LogP contribution in [0.5, 0.6) is 5.75 Å². The third-order valence-corrected chi connectivity index (χ3v) is 1.68. The van der Waals surface area contributed by atoms with Gasteiger partial charge >= 0.3 is 0 Å². The Morgan fingerprint density at radius 2 is 2.42 bits per heavy atom. The summed E-state index contributed by atoms with van der Waals surface area (Å²) in [6.07, 6.45) is 2.69. The summed E-state index contributed by atoms with van der Waals surface area (Å²) in [6, 6.07) is 3.81. The van der Waals surface area contributed by atoms with Crippen molar-refractivity contribution in [3.8, 4) is 5.75 Å². The highest BCUT2D eigenvalue weighted by Gasteiger charge is 2.00. The Hall–Kier alpha value is -1.09. The number of methoxy groups -OCH3 is 1. The molecule has 0 atom stereocenters. The van der Waals surface area contributed by atoms with Crippen molar-refractivity contribution in [2.45, 2.75) is 6.42 Å². The van der Waals surface area contributed by atoms with E-state index in [4.69, 9.17) is 4.74 Å². The minimum atomic E-state index is 0.868. The molecule has 0 saturated heterocycles. The molecule has 12 heavy (non-hydrogen) atoms. The normalized spacial score (nSPS) is 9.83. The zero-order chi connectivity index (χ0) is 8.81. The first-order chi connectivity index (χ1) is 5.88. The Labute approximate surface area is 72.8 Å². The lowest BCUT2D eigenvalue weighted by Gasteiger charge is -2.05. The maximum Gasteiger partial charge on any atom is 0.140 e. The van der Waals surface area contributed by atoms with Crippen LogP contribution in [0.2, 0.25) is 0 Å². The van der Waals surface area contributed by atoms with Gasteiger partial charge in [-0.2, -0.15) is 0 Å². The lowest BCUT2D eigenvalue weighted by molar-refractivity contribution is 0.406. The monoisotopic (exact) mass is 166 g/mol. The van der Waals surface area contributed by atoms with Crippen LogP contribution in [0.25, 0.3) is 0 Å². The van der Waals surface area contributed by atoms with E-state index in [1.54, 1.807) is 13.3 Å². The minimum absolute atomic E-state index is 0.868. The third kappa shape index (κ3) is 2.20. The van der Waals surface area contributed by atoms with E-state index in [1.807, 2.05) is 19.2 Å². The summed E-state index contributed by atoms with van der Waals surface area (Å²) in [5.41, 5.74) is 1.01. The SMILES string of the molecule is CNCCc1ncccc1OC. The number of ether oxygens (including phenoxy) is 1. The Kier molecular flexibility index (Phi) is 3.54. The minimum Gasteiger partial charge on any atom is -0.495 e. The van der Waals surface area contributed by atoms with Crippen LogP contribution in [-0.4, -0.2) is 25.7 Å². The lowest BCUT2D eigenvalue weighted by Crippen LogP contribution is -2.11. The van der Waals surface area contributed by atoms with E-state index in [1.165, 1.54) is 0 Å². The Morgan fingerprint density at radius 3 is 3.08 bits per heavy atom. The summed E-state index contributed by atoms with van der Waals surface area (Å²) in [5, 5.41) is 3.07. The number of nitrogens with one attached hydrogen (secondary N) is 1. The molecule has 0 radical (unpaired) electrons. The molecule has 3 heteroatoms. The summed E-state index contributed by atoms with van der Waals surface area (Å²) in [4.78, 5) is 4.22. The Bertz CT molecular complexity index is 238. The molecule has 0 aliphatic carbocycles. The summed E-state index contributed by atoms with van der Waals surface area (Å²) in [6.45, 7) is 0.924. The molecule has 0 saturated carbocycles. The first-order valence-electron chi connectivity index (χ1n) is 4.01. The van der Waals surface area contributed by atoms with Gasteiger partial charge in [-0.3, -0.25) is 4.98 Å². The molecule has 3 nitrogen and oxygen atoms in total. The van der Waals surface area contributed by atoms with Gasteiger partial charge in [0.05, 0.1) is 12.8 Å². The van der Waals surface area contributed by atoms with Crippen LogP contribution in [-0.2, 0) is 6.42 Å². The second-order valence-corrected chi connectivity index (χ2v) is 2.51. The van der Waals surface area contributed by atoms with Gasteiger partial charge in [0.15, 0.2) is 0 Å². The third-order valence-electron chi connectivity index (χ3n) is 1.68. The van der Waals surface area contributed by atoms with E-state index < -0.39 is 0 Å². The van der Waals surface area contributed by atoms with Gasteiger partial charge < -0.3 is 10.1 Å². The zero-order valence-electron chi connectivity index (χ0n) is 7.50. The van der Waals surface area contributed by atoms with Crippen LogP contribution in [0.15, 0.2) is 18.3 Å². The van der Waals surface area contributed by atoms with Crippen molar-refractivity contribution in [1.29, 1.82) is 0 Å². The number of rotatable bonds is 4. The summed E-state index contributed by atoms with van der Waals surface area (Å²) in [7, 11) is 3.59. The molecular weight excluding hydrogens is 152 g/mol. The predicted octanol–water partition coefficient (Wildman–Crippen LogP) is 0.852. The highest BCUT2D eigenvalue weighted by molar-refractivity contribution is 5.26. The van der Waals surface area contributed by atoms with Gasteiger partial charge in [-0.15, -0.1) is 0 Å². The van der Waals surface area contributed by atoms with Gasteiger partial charge in [0.1, 0.15) is 5.75 Å². The number of aromatic nitrogens is 1. The standard InChI is InChI=1S/C9H14N2O/c1-10-7-5-8-9(12-2)4-3-6-11-8/h3-4,6,10H,5,7H2,1-2H3. The first-order valence-corrected chi connectivity index (χ1v) is 4.01. The highest BCUT2D eigenvalue weighted by atomic mass is 16.5. The highest BCUT2D eigenvalue weighted by Crippen LogP contribution is 2.13.